The van der Waals surface area contributed by atoms with Gasteiger partial charge in [-0.15, -0.1) is 0 Å². The molecule has 0 aromatic heterocycles. The SMILES string of the molecule is COc1ccc(N2CCCc3ccccc3C2)c(N)c1. The summed E-state index contributed by atoms with van der Waals surface area (Å²) >= 11 is 0. The quantitative estimate of drug-likeness (QED) is 0.850. The van der Waals surface area contributed by atoms with Crippen molar-refractivity contribution in [1.29, 1.82) is 0 Å². The van der Waals surface area contributed by atoms with E-state index in [1.807, 2.05) is 12.1 Å². The Morgan fingerprint density at radius 2 is 1.90 bits per heavy atom. The molecule has 0 aliphatic carbocycles. The van der Waals surface area contributed by atoms with Gasteiger partial charge in [0.15, 0.2) is 0 Å². The molecular weight excluding hydrogens is 248 g/mol. The fourth-order valence-electron chi connectivity index (χ4n) is 2.85. The summed E-state index contributed by atoms with van der Waals surface area (Å²) in [6.07, 6.45) is 2.30. The van der Waals surface area contributed by atoms with Crippen LogP contribution in [0, 0.1) is 0 Å². The first-order chi connectivity index (χ1) is 9.78. The van der Waals surface area contributed by atoms with Crippen molar-refractivity contribution < 1.29 is 4.74 Å². The Kier molecular flexibility index (Phi) is 3.50. The maximum Gasteiger partial charge on any atom is 0.121 e. The lowest BCUT2D eigenvalue weighted by molar-refractivity contribution is 0.415. The zero-order chi connectivity index (χ0) is 13.9. The summed E-state index contributed by atoms with van der Waals surface area (Å²) in [4.78, 5) is 2.36. The fraction of sp³-hybridized carbons (Fsp3) is 0.294. The van der Waals surface area contributed by atoms with Crippen LogP contribution < -0.4 is 15.4 Å². The van der Waals surface area contributed by atoms with Crippen LogP contribution in [-0.4, -0.2) is 13.7 Å². The number of aryl methyl sites for hydroxylation is 1. The zero-order valence-electron chi connectivity index (χ0n) is 11.8. The summed E-state index contributed by atoms with van der Waals surface area (Å²) in [6, 6.07) is 14.6. The summed E-state index contributed by atoms with van der Waals surface area (Å²) in [6.45, 7) is 1.96. The van der Waals surface area contributed by atoms with E-state index in [4.69, 9.17) is 10.5 Å². The number of hydrogen-bond acceptors (Lipinski definition) is 3. The molecule has 104 valence electrons. The molecule has 0 bridgehead atoms. The highest BCUT2D eigenvalue weighted by Gasteiger charge is 2.16. The molecule has 0 radical (unpaired) electrons. The summed E-state index contributed by atoms with van der Waals surface area (Å²) in [5, 5.41) is 0. The van der Waals surface area contributed by atoms with Gasteiger partial charge in [0.05, 0.1) is 18.5 Å². The van der Waals surface area contributed by atoms with Crippen LogP contribution in [0.3, 0.4) is 0 Å². The van der Waals surface area contributed by atoms with Gasteiger partial charge in [-0.1, -0.05) is 24.3 Å². The third-order valence-electron chi connectivity index (χ3n) is 3.93. The fourth-order valence-corrected chi connectivity index (χ4v) is 2.85. The van der Waals surface area contributed by atoms with E-state index in [-0.39, 0.29) is 0 Å². The molecule has 0 saturated heterocycles. The van der Waals surface area contributed by atoms with Crippen molar-refractivity contribution in [3.05, 3.63) is 53.6 Å². The number of ether oxygens (including phenoxy) is 1. The third-order valence-corrected chi connectivity index (χ3v) is 3.93. The van der Waals surface area contributed by atoms with Crippen LogP contribution in [0.4, 0.5) is 11.4 Å². The average Bonchev–Trinajstić information content (AvgIpc) is 2.69. The maximum atomic E-state index is 6.18. The molecule has 1 aliphatic heterocycles. The lowest BCUT2D eigenvalue weighted by atomic mass is 10.0. The second-order valence-corrected chi connectivity index (χ2v) is 5.22. The van der Waals surface area contributed by atoms with Gasteiger partial charge < -0.3 is 15.4 Å². The van der Waals surface area contributed by atoms with Crippen LogP contribution >= 0.6 is 0 Å². The molecular formula is C17H20N2O. The van der Waals surface area contributed by atoms with Crippen LogP contribution in [-0.2, 0) is 13.0 Å². The molecule has 1 heterocycles. The van der Waals surface area contributed by atoms with Crippen LogP contribution in [0.1, 0.15) is 17.5 Å². The Morgan fingerprint density at radius 3 is 2.65 bits per heavy atom. The van der Waals surface area contributed by atoms with E-state index < -0.39 is 0 Å². The van der Waals surface area contributed by atoms with Crippen molar-refractivity contribution in [2.75, 3.05) is 24.3 Å². The third kappa shape index (κ3) is 2.44. The van der Waals surface area contributed by atoms with Gasteiger partial charge in [-0.05, 0) is 36.1 Å². The van der Waals surface area contributed by atoms with Crippen molar-refractivity contribution >= 4 is 11.4 Å². The van der Waals surface area contributed by atoms with Crippen LogP contribution in [0.5, 0.6) is 5.75 Å². The maximum absolute atomic E-state index is 6.18. The summed E-state index contributed by atoms with van der Waals surface area (Å²) in [7, 11) is 1.66. The van der Waals surface area contributed by atoms with Crippen molar-refractivity contribution in [1.82, 2.24) is 0 Å². The molecule has 0 saturated carbocycles. The lowest BCUT2D eigenvalue weighted by Crippen LogP contribution is -2.23. The predicted molar refractivity (Wildman–Crippen MR) is 83.2 cm³/mol. The molecule has 1 aliphatic rings. The molecule has 3 nitrogen and oxygen atoms in total. The van der Waals surface area contributed by atoms with Gasteiger partial charge in [0.2, 0.25) is 0 Å². The predicted octanol–water partition coefficient (Wildman–Crippen LogP) is 3.23. The number of benzene rings is 2. The number of hydrogen-bond donors (Lipinski definition) is 1. The zero-order valence-corrected chi connectivity index (χ0v) is 11.8. The van der Waals surface area contributed by atoms with Crippen LogP contribution in [0.25, 0.3) is 0 Å². The van der Waals surface area contributed by atoms with Crippen LogP contribution in [0.2, 0.25) is 0 Å². The molecule has 2 N–H and O–H groups in total. The normalized spacial score (nSPS) is 14.6. The molecule has 3 rings (SSSR count). The number of nitrogens with zero attached hydrogens (tertiary/aromatic N) is 1. The minimum atomic E-state index is 0.781. The Labute approximate surface area is 120 Å². The first kappa shape index (κ1) is 12.9. The monoisotopic (exact) mass is 268 g/mol. The van der Waals surface area contributed by atoms with Gasteiger partial charge in [-0.2, -0.15) is 0 Å². The second-order valence-electron chi connectivity index (χ2n) is 5.22. The average molecular weight is 268 g/mol. The summed E-state index contributed by atoms with van der Waals surface area (Å²) < 4.78 is 5.22. The number of nitrogen functional groups attached to an aromatic ring is 1. The van der Waals surface area contributed by atoms with E-state index in [1.165, 1.54) is 11.1 Å². The molecule has 2 aromatic rings. The van der Waals surface area contributed by atoms with Crippen molar-refractivity contribution in [3.63, 3.8) is 0 Å². The standard InChI is InChI=1S/C17H20N2O/c1-20-15-8-9-17(16(18)11-15)19-10-4-7-13-5-2-3-6-14(13)12-19/h2-3,5-6,8-9,11H,4,7,10,12,18H2,1H3. The number of nitrogens with two attached hydrogens (primary N) is 1. The second kappa shape index (κ2) is 5.45. The van der Waals surface area contributed by atoms with E-state index in [1.54, 1.807) is 7.11 Å². The van der Waals surface area contributed by atoms with Gasteiger partial charge in [0.25, 0.3) is 0 Å². The molecule has 0 amide bonds. The highest BCUT2D eigenvalue weighted by molar-refractivity contribution is 5.69. The van der Waals surface area contributed by atoms with Crippen molar-refractivity contribution in [2.45, 2.75) is 19.4 Å². The molecule has 20 heavy (non-hydrogen) atoms. The minimum Gasteiger partial charge on any atom is -0.497 e. The Balaban J connectivity index is 1.91. The van der Waals surface area contributed by atoms with Crippen LogP contribution in [0.15, 0.2) is 42.5 Å². The lowest BCUT2D eigenvalue weighted by Gasteiger charge is -2.25. The van der Waals surface area contributed by atoms with Gasteiger partial charge >= 0.3 is 0 Å². The highest BCUT2D eigenvalue weighted by atomic mass is 16.5. The van der Waals surface area contributed by atoms with Gasteiger partial charge in [0, 0.05) is 19.2 Å². The van der Waals surface area contributed by atoms with E-state index in [9.17, 15) is 0 Å². The first-order valence-corrected chi connectivity index (χ1v) is 7.03. The summed E-state index contributed by atoms with van der Waals surface area (Å²) in [5.41, 5.74) is 10.9. The smallest absolute Gasteiger partial charge is 0.121 e. The van der Waals surface area contributed by atoms with E-state index >= 15 is 0 Å². The molecule has 0 spiro atoms. The minimum absolute atomic E-state index is 0.781. The molecule has 2 aromatic carbocycles. The molecule has 0 fully saturated rings. The van der Waals surface area contributed by atoms with E-state index in [2.05, 4.69) is 35.2 Å². The van der Waals surface area contributed by atoms with E-state index in [0.29, 0.717) is 0 Å². The number of fused-ring (bicyclic) bond motifs is 1. The Morgan fingerprint density at radius 1 is 1.10 bits per heavy atom. The van der Waals surface area contributed by atoms with Crippen molar-refractivity contribution in [2.24, 2.45) is 0 Å². The van der Waals surface area contributed by atoms with E-state index in [0.717, 1.165) is 43.1 Å². The number of rotatable bonds is 2. The highest BCUT2D eigenvalue weighted by Crippen LogP contribution is 2.31. The number of anilines is 2. The summed E-state index contributed by atoms with van der Waals surface area (Å²) in [5.74, 6) is 0.807. The Bertz CT molecular complexity index is 610. The molecule has 0 atom stereocenters. The van der Waals surface area contributed by atoms with Gasteiger partial charge in [0.1, 0.15) is 5.75 Å². The van der Waals surface area contributed by atoms with Crippen molar-refractivity contribution in [3.8, 4) is 5.75 Å². The van der Waals surface area contributed by atoms with Gasteiger partial charge in [-0.25, -0.2) is 0 Å². The molecule has 0 unspecified atom stereocenters. The topological polar surface area (TPSA) is 38.5 Å². The van der Waals surface area contributed by atoms with Gasteiger partial charge in [-0.3, -0.25) is 0 Å². The largest absolute Gasteiger partial charge is 0.497 e. The first-order valence-electron chi connectivity index (χ1n) is 7.03. The Hall–Kier alpha value is -2.16. The number of methoxy groups -OCH3 is 1. The molecule has 3 heteroatoms.